The minimum Gasteiger partial charge on any atom is -0.489 e. The smallest absolute Gasteiger partial charge is 0.350 e. The number of piperazine rings is 1. The molecule has 2 aliphatic heterocycles. The van der Waals surface area contributed by atoms with Crippen LogP contribution in [-0.2, 0) is 21.8 Å². The van der Waals surface area contributed by atoms with E-state index < -0.39 is 5.79 Å². The van der Waals surface area contributed by atoms with Crippen molar-refractivity contribution in [2.75, 3.05) is 42.6 Å². The van der Waals surface area contributed by atoms with Gasteiger partial charge in [0.05, 0.1) is 29.6 Å². The van der Waals surface area contributed by atoms with E-state index in [1.165, 1.54) is 11.0 Å². The summed E-state index contributed by atoms with van der Waals surface area (Å²) in [5, 5.41) is 9.49. The van der Waals surface area contributed by atoms with Crippen LogP contribution in [0.4, 0.5) is 11.5 Å². The first-order chi connectivity index (χ1) is 24.2. The molecule has 0 radical (unpaired) electrons. The molecule has 50 heavy (non-hydrogen) atoms. The molecule has 13 nitrogen and oxygen atoms in total. The number of aromatic nitrogens is 7. The molecule has 2 aliphatic rings. The Morgan fingerprint density at radius 3 is 2.56 bits per heavy atom. The Morgan fingerprint density at radius 1 is 1.04 bits per heavy atom. The molecule has 2 aromatic carbocycles. The van der Waals surface area contributed by atoms with Crippen molar-refractivity contribution in [2.45, 2.75) is 57.7 Å². The van der Waals surface area contributed by atoms with Crippen molar-refractivity contribution in [1.29, 1.82) is 0 Å². The molecule has 7 rings (SSSR count). The van der Waals surface area contributed by atoms with E-state index in [-0.39, 0.29) is 37.0 Å². The SMILES string of the molecule is CCC(C)n1ncn(-c2ccc(N3CCN(c4ccc(OCC5COC(Cn6cncn6)(c6ccc(Cl)cc6Cl)O5)cn4)C(C)C3)cc2)c1=O. The minimum absolute atomic E-state index is 0.0561. The van der Waals surface area contributed by atoms with Crippen LogP contribution < -0.4 is 20.2 Å². The maximum Gasteiger partial charge on any atom is 0.350 e. The fraction of sp³-hybridized carbons (Fsp3) is 0.400. The maximum atomic E-state index is 12.8. The summed E-state index contributed by atoms with van der Waals surface area (Å²) < 4.78 is 23.6. The zero-order chi connectivity index (χ0) is 34.8. The number of hydrogen-bond acceptors (Lipinski definition) is 10. The predicted octanol–water partition coefficient (Wildman–Crippen LogP) is 5.36. The first kappa shape index (κ1) is 34.0. The van der Waals surface area contributed by atoms with E-state index in [4.69, 9.17) is 42.4 Å². The molecule has 4 atom stereocenters. The zero-order valence-electron chi connectivity index (χ0n) is 28.1. The fourth-order valence-corrected chi connectivity index (χ4v) is 6.98. The van der Waals surface area contributed by atoms with Gasteiger partial charge in [0.1, 0.15) is 49.8 Å². The first-order valence-electron chi connectivity index (χ1n) is 16.7. The van der Waals surface area contributed by atoms with E-state index in [1.54, 1.807) is 46.3 Å². The molecule has 2 saturated heterocycles. The molecule has 262 valence electrons. The zero-order valence-corrected chi connectivity index (χ0v) is 29.6. The van der Waals surface area contributed by atoms with E-state index >= 15 is 0 Å². The minimum atomic E-state index is -1.18. The summed E-state index contributed by atoms with van der Waals surface area (Å²) in [4.78, 5) is 26.3. The fourth-order valence-electron chi connectivity index (χ4n) is 6.42. The lowest BCUT2D eigenvalue weighted by atomic mass is 10.1. The Bertz CT molecular complexity index is 1950. The van der Waals surface area contributed by atoms with E-state index in [1.807, 2.05) is 38.1 Å². The Balaban J connectivity index is 0.945. The lowest BCUT2D eigenvalue weighted by Gasteiger charge is -2.41. The standard InChI is InChI=1S/C35H39Cl2N9O4/c1-4-24(2)46-34(47)45(23-41-46)28-8-6-27(7-9-28)42-13-14-44(25(3)17-42)33-12-10-29(16-39-33)48-18-30-19-49-35(50-30,20-43-22-38-21-40-43)31-11-5-26(36)15-32(31)37/h5-12,15-16,21-25,30H,4,13-14,17-20H2,1-3H3. The number of benzene rings is 2. The molecular weight excluding hydrogens is 681 g/mol. The molecule has 0 saturated carbocycles. The Hall–Kier alpha value is -4.43. The predicted molar refractivity (Wildman–Crippen MR) is 191 cm³/mol. The number of nitrogens with zero attached hydrogens (tertiary/aromatic N) is 9. The van der Waals surface area contributed by atoms with Gasteiger partial charge in [0.25, 0.3) is 0 Å². The highest BCUT2D eigenvalue weighted by Gasteiger charge is 2.45. The third-order valence-corrected chi connectivity index (χ3v) is 9.86. The second-order valence-electron chi connectivity index (χ2n) is 12.7. The van der Waals surface area contributed by atoms with Gasteiger partial charge in [-0.25, -0.2) is 28.7 Å². The van der Waals surface area contributed by atoms with E-state index in [9.17, 15) is 4.79 Å². The van der Waals surface area contributed by atoms with Crippen molar-refractivity contribution in [3.8, 4) is 11.4 Å². The molecule has 5 aromatic rings. The quantitative estimate of drug-likeness (QED) is 0.177. The van der Waals surface area contributed by atoms with Gasteiger partial charge in [-0.05, 0) is 68.8 Å². The van der Waals surface area contributed by atoms with Gasteiger partial charge in [-0.1, -0.05) is 36.2 Å². The van der Waals surface area contributed by atoms with E-state index in [0.29, 0.717) is 28.0 Å². The van der Waals surface area contributed by atoms with Gasteiger partial charge in [-0.2, -0.15) is 10.2 Å². The van der Waals surface area contributed by atoms with Crippen LogP contribution in [0.5, 0.6) is 5.75 Å². The number of anilines is 2. The maximum absolute atomic E-state index is 12.8. The molecule has 0 aliphatic carbocycles. The number of rotatable bonds is 11. The van der Waals surface area contributed by atoms with Crippen LogP contribution in [-0.4, -0.2) is 79.1 Å². The number of pyridine rings is 1. The highest BCUT2D eigenvalue weighted by molar-refractivity contribution is 6.35. The number of halogens is 2. The van der Waals surface area contributed by atoms with Crippen LogP contribution in [0.2, 0.25) is 10.0 Å². The summed E-state index contributed by atoms with van der Waals surface area (Å²) in [5.41, 5.74) is 2.44. The van der Waals surface area contributed by atoms with Gasteiger partial charge < -0.3 is 24.0 Å². The van der Waals surface area contributed by atoms with Crippen LogP contribution in [0.3, 0.4) is 0 Å². The second kappa shape index (κ2) is 14.4. The van der Waals surface area contributed by atoms with Gasteiger partial charge in [0.2, 0.25) is 5.79 Å². The van der Waals surface area contributed by atoms with Crippen LogP contribution in [0.1, 0.15) is 38.8 Å². The summed E-state index contributed by atoms with van der Waals surface area (Å²) >= 11 is 12.7. The lowest BCUT2D eigenvalue weighted by molar-refractivity contribution is -0.190. The van der Waals surface area contributed by atoms with Crippen molar-refractivity contribution in [3.05, 3.63) is 106 Å². The molecule has 0 N–H and O–H groups in total. The molecule has 2 fully saturated rings. The summed E-state index contributed by atoms with van der Waals surface area (Å²) in [7, 11) is 0. The van der Waals surface area contributed by atoms with Gasteiger partial charge in [0.15, 0.2) is 0 Å². The topological polar surface area (TPSA) is 118 Å². The normalized spacial score (nSPS) is 21.5. The molecule has 0 bridgehead atoms. The highest BCUT2D eigenvalue weighted by atomic mass is 35.5. The summed E-state index contributed by atoms with van der Waals surface area (Å²) in [6.45, 7) is 9.53. The van der Waals surface area contributed by atoms with Crippen LogP contribution in [0.25, 0.3) is 5.69 Å². The van der Waals surface area contributed by atoms with Gasteiger partial charge >= 0.3 is 5.69 Å². The van der Waals surface area contributed by atoms with E-state index in [0.717, 1.165) is 43.2 Å². The highest BCUT2D eigenvalue weighted by Crippen LogP contribution is 2.40. The third kappa shape index (κ3) is 6.95. The average Bonchev–Trinajstić information content (AvgIpc) is 3.88. The van der Waals surface area contributed by atoms with Crippen molar-refractivity contribution < 1.29 is 14.2 Å². The Morgan fingerprint density at radius 2 is 1.86 bits per heavy atom. The molecule has 5 heterocycles. The lowest BCUT2D eigenvalue weighted by Crippen LogP contribution is -2.52. The van der Waals surface area contributed by atoms with Crippen molar-refractivity contribution in [1.82, 2.24) is 34.1 Å². The molecular formula is C35H39Cl2N9O4. The summed E-state index contributed by atoms with van der Waals surface area (Å²) in [6, 6.07) is 17.5. The van der Waals surface area contributed by atoms with Crippen LogP contribution >= 0.6 is 23.2 Å². The van der Waals surface area contributed by atoms with Crippen molar-refractivity contribution >= 4 is 34.7 Å². The average molecular weight is 721 g/mol. The molecule has 4 unspecified atom stereocenters. The van der Waals surface area contributed by atoms with Gasteiger partial charge in [-0.15, -0.1) is 0 Å². The Kier molecular flexibility index (Phi) is 9.82. The van der Waals surface area contributed by atoms with Crippen molar-refractivity contribution in [3.63, 3.8) is 0 Å². The molecule has 0 spiro atoms. The second-order valence-corrected chi connectivity index (χ2v) is 13.5. The molecule has 15 heteroatoms. The Labute approximate surface area is 299 Å². The largest absolute Gasteiger partial charge is 0.489 e. The van der Waals surface area contributed by atoms with Crippen LogP contribution in [0, 0.1) is 0 Å². The summed E-state index contributed by atoms with van der Waals surface area (Å²) in [5.74, 6) is 0.348. The number of ether oxygens (including phenoxy) is 3. The van der Waals surface area contributed by atoms with Gasteiger partial charge in [-0.3, -0.25) is 0 Å². The van der Waals surface area contributed by atoms with Crippen LogP contribution in [0.15, 0.2) is 84.6 Å². The number of hydrogen-bond donors (Lipinski definition) is 0. The monoisotopic (exact) mass is 719 g/mol. The van der Waals surface area contributed by atoms with Crippen molar-refractivity contribution in [2.24, 2.45) is 0 Å². The molecule has 0 amide bonds. The first-order valence-corrected chi connectivity index (χ1v) is 17.5. The summed E-state index contributed by atoms with van der Waals surface area (Å²) in [6.07, 6.45) is 6.87. The third-order valence-electron chi connectivity index (χ3n) is 9.31. The van der Waals surface area contributed by atoms with E-state index in [2.05, 4.69) is 44.0 Å². The molecule has 3 aromatic heterocycles. The van der Waals surface area contributed by atoms with Gasteiger partial charge in [0, 0.05) is 41.9 Å².